The lowest BCUT2D eigenvalue weighted by molar-refractivity contribution is -0.137. The number of likely N-dealkylation sites (tertiary alicyclic amines) is 1. The number of methoxy groups -OCH3 is 1. The van der Waals surface area contributed by atoms with Crippen molar-refractivity contribution in [3.8, 4) is 0 Å². The van der Waals surface area contributed by atoms with Gasteiger partial charge in [-0.05, 0) is 39.7 Å². The van der Waals surface area contributed by atoms with Gasteiger partial charge >= 0.3 is 0 Å². The first-order valence-electron chi connectivity index (χ1n) is 6.04. The molecule has 1 rings (SSSR count). The number of amides is 1. The molecule has 1 aliphatic rings. The van der Waals surface area contributed by atoms with Gasteiger partial charge in [-0.25, -0.2) is 0 Å². The van der Waals surface area contributed by atoms with E-state index in [1.807, 2.05) is 11.9 Å². The SMILES string of the molecule is CNCC(=O)N1C(C)CC(COC)CC1C. The van der Waals surface area contributed by atoms with Gasteiger partial charge < -0.3 is 15.0 Å². The van der Waals surface area contributed by atoms with Crippen LogP contribution >= 0.6 is 0 Å². The number of nitrogens with one attached hydrogen (secondary N) is 1. The third-order valence-corrected chi connectivity index (χ3v) is 3.32. The summed E-state index contributed by atoms with van der Waals surface area (Å²) in [5.41, 5.74) is 0. The van der Waals surface area contributed by atoms with Crippen molar-refractivity contribution in [3.05, 3.63) is 0 Å². The van der Waals surface area contributed by atoms with E-state index in [0.29, 0.717) is 24.5 Å². The number of hydrogen-bond donors (Lipinski definition) is 1. The summed E-state index contributed by atoms with van der Waals surface area (Å²) in [6, 6.07) is 0.648. The molecule has 0 aliphatic carbocycles. The zero-order valence-corrected chi connectivity index (χ0v) is 10.8. The summed E-state index contributed by atoms with van der Waals surface area (Å²) in [4.78, 5) is 13.9. The topological polar surface area (TPSA) is 41.6 Å². The van der Waals surface area contributed by atoms with E-state index in [-0.39, 0.29) is 5.91 Å². The molecule has 94 valence electrons. The quantitative estimate of drug-likeness (QED) is 0.776. The molecular formula is C12H24N2O2. The molecule has 1 saturated heterocycles. The average Bonchev–Trinajstić information content (AvgIpc) is 2.17. The second kappa shape index (κ2) is 6.21. The lowest BCUT2D eigenvalue weighted by Crippen LogP contribution is -2.52. The molecule has 1 N–H and O–H groups in total. The van der Waals surface area contributed by atoms with Crippen LogP contribution in [-0.4, -0.2) is 50.2 Å². The summed E-state index contributed by atoms with van der Waals surface area (Å²) in [5.74, 6) is 0.798. The number of carbonyl (C=O) groups excluding carboxylic acids is 1. The Hall–Kier alpha value is -0.610. The van der Waals surface area contributed by atoms with E-state index in [9.17, 15) is 4.79 Å². The summed E-state index contributed by atoms with van der Waals surface area (Å²) < 4.78 is 5.21. The summed E-state index contributed by atoms with van der Waals surface area (Å²) in [6.07, 6.45) is 2.10. The summed E-state index contributed by atoms with van der Waals surface area (Å²) in [6.45, 7) is 5.50. The molecule has 0 radical (unpaired) electrons. The van der Waals surface area contributed by atoms with Crippen LogP contribution in [0.3, 0.4) is 0 Å². The molecule has 16 heavy (non-hydrogen) atoms. The maximum Gasteiger partial charge on any atom is 0.236 e. The highest BCUT2D eigenvalue weighted by molar-refractivity contribution is 5.79. The number of likely N-dealkylation sites (N-methyl/N-ethyl adjacent to an activating group) is 1. The molecule has 0 bridgehead atoms. The highest BCUT2D eigenvalue weighted by Gasteiger charge is 2.33. The van der Waals surface area contributed by atoms with E-state index in [1.54, 1.807) is 7.11 Å². The summed E-state index contributed by atoms with van der Waals surface area (Å²) in [5, 5.41) is 2.93. The van der Waals surface area contributed by atoms with Crippen LogP contribution in [-0.2, 0) is 9.53 Å². The number of ether oxygens (including phenoxy) is 1. The van der Waals surface area contributed by atoms with Crippen molar-refractivity contribution in [3.63, 3.8) is 0 Å². The Balaban J connectivity index is 2.58. The number of hydrogen-bond acceptors (Lipinski definition) is 3. The number of piperidine rings is 1. The molecule has 1 heterocycles. The Morgan fingerprint density at radius 2 is 1.94 bits per heavy atom. The molecule has 0 saturated carbocycles. The van der Waals surface area contributed by atoms with Gasteiger partial charge in [0.2, 0.25) is 5.91 Å². The standard InChI is InChI=1S/C12H24N2O2/c1-9-5-11(8-16-4)6-10(2)14(9)12(15)7-13-3/h9-11,13H,5-8H2,1-4H3. The lowest BCUT2D eigenvalue weighted by Gasteiger charge is -2.42. The molecule has 0 spiro atoms. The smallest absolute Gasteiger partial charge is 0.236 e. The van der Waals surface area contributed by atoms with Crippen LogP contribution < -0.4 is 5.32 Å². The molecule has 2 atom stereocenters. The fourth-order valence-electron chi connectivity index (χ4n) is 2.83. The van der Waals surface area contributed by atoms with Crippen molar-refractivity contribution in [1.82, 2.24) is 10.2 Å². The van der Waals surface area contributed by atoms with Crippen LogP contribution in [0, 0.1) is 5.92 Å². The Labute approximate surface area is 98.3 Å². The fourth-order valence-corrected chi connectivity index (χ4v) is 2.83. The van der Waals surface area contributed by atoms with Crippen molar-refractivity contribution < 1.29 is 9.53 Å². The van der Waals surface area contributed by atoms with Crippen LogP contribution in [0.25, 0.3) is 0 Å². The van der Waals surface area contributed by atoms with Crippen molar-refractivity contribution in [2.45, 2.75) is 38.8 Å². The van der Waals surface area contributed by atoms with Crippen LogP contribution in [0.15, 0.2) is 0 Å². The van der Waals surface area contributed by atoms with Gasteiger partial charge in [-0.3, -0.25) is 4.79 Å². The molecule has 4 nitrogen and oxygen atoms in total. The van der Waals surface area contributed by atoms with E-state index in [1.165, 1.54) is 0 Å². The van der Waals surface area contributed by atoms with E-state index in [0.717, 1.165) is 19.4 Å². The first kappa shape index (κ1) is 13.5. The predicted octanol–water partition coefficient (Wildman–Crippen LogP) is 0.868. The van der Waals surface area contributed by atoms with Crippen molar-refractivity contribution in [2.24, 2.45) is 5.92 Å². The normalized spacial score (nSPS) is 30.5. The molecule has 1 fully saturated rings. The number of nitrogens with zero attached hydrogens (tertiary/aromatic N) is 1. The third kappa shape index (κ3) is 3.19. The van der Waals surface area contributed by atoms with Gasteiger partial charge in [0, 0.05) is 25.8 Å². The molecule has 0 aromatic rings. The van der Waals surface area contributed by atoms with Crippen molar-refractivity contribution in [1.29, 1.82) is 0 Å². The van der Waals surface area contributed by atoms with Gasteiger partial charge in [-0.2, -0.15) is 0 Å². The molecular weight excluding hydrogens is 204 g/mol. The van der Waals surface area contributed by atoms with Gasteiger partial charge in [0.05, 0.1) is 6.54 Å². The summed E-state index contributed by atoms with van der Waals surface area (Å²) >= 11 is 0. The molecule has 1 amide bonds. The molecule has 1 aliphatic heterocycles. The van der Waals surface area contributed by atoms with E-state index in [4.69, 9.17) is 4.74 Å². The molecule has 4 heteroatoms. The van der Waals surface area contributed by atoms with Crippen molar-refractivity contribution >= 4 is 5.91 Å². The minimum absolute atomic E-state index is 0.207. The molecule has 0 aromatic heterocycles. The lowest BCUT2D eigenvalue weighted by atomic mass is 9.87. The Bertz CT molecular complexity index is 221. The van der Waals surface area contributed by atoms with Crippen LogP contribution in [0.5, 0.6) is 0 Å². The molecule has 2 unspecified atom stereocenters. The van der Waals surface area contributed by atoms with E-state index < -0.39 is 0 Å². The van der Waals surface area contributed by atoms with Crippen LogP contribution in [0.2, 0.25) is 0 Å². The number of carbonyl (C=O) groups is 1. The first-order valence-corrected chi connectivity index (χ1v) is 6.04. The summed E-state index contributed by atoms with van der Waals surface area (Å²) in [7, 11) is 3.55. The van der Waals surface area contributed by atoms with Crippen LogP contribution in [0.4, 0.5) is 0 Å². The maximum absolute atomic E-state index is 11.9. The maximum atomic E-state index is 11.9. The average molecular weight is 228 g/mol. The Morgan fingerprint density at radius 1 is 1.38 bits per heavy atom. The minimum Gasteiger partial charge on any atom is -0.384 e. The monoisotopic (exact) mass is 228 g/mol. The van der Waals surface area contributed by atoms with E-state index in [2.05, 4.69) is 19.2 Å². The van der Waals surface area contributed by atoms with Gasteiger partial charge in [-0.1, -0.05) is 0 Å². The first-order chi connectivity index (χ1) is 7.60. The zero-order chi connectivity index (χ0) is 12.1. The minimum atomic E-state index is 0.207. The predicted molar refractivity (Wildman–Crippen MR) is 64.3 cm³/mol. The largest absolute Gasteiger partial charge is 0.384 e. The van der Waals surface area contributed by atoms with Gasteiger partial charge in [0.15, 0.2) is 0 Å². The molecule has 0 aromatic carbocycles. The van der Waals surface area contributed by atoms with Gasteiger partial charge in [-0.15, -0.1) is 0 Å². The van der Waals surface area contributed by atoms with Crippen LogP contribution in [0.1, 0.15) is 26.7 Å². The van der Waals surface area contributed by atoms with Gasteiger partial charge in [0.25, 0.3) is 0 Å². The Kier molecular flexibility index (Phi) is 5.22. The third-order valence-electron chi connectivity index (χ3n) is 3.32. The van der Waals surface area contributed by atoms with Gasteiger partial charge in [0.1, 0.15) is 0 Å². The second-order valence-electron chi connectivity index (χ2n) is 4.82. The second-order valence-corrected chi connectivity index (χ2v) is 4.82. The highest BCUT2D eigenvalue weighted by atomic mass is 16.5. The fraction of sp³-hybridized carbons (Fsp3) is 0.917. The Morgan fingerprint density at radius 3 is 2.38 bits per heavy atom. The van der Waals surface area contributed by atoms with E-state index >= 15 is 0 Å². The van der Waals surface area contributed by atoms with Crippen molar-refractivity contribution in [2.75, 3.05) is 27.3 Å². The number of rotatable bonds is 4. The zero-order valence-electron chi connectivity index (χ0n) is 10.8. The highest BCUT2D eigenvalue weighted by Crippen LogP contribution is 2.27.